The molecule has 0 atom stereocenters. The summed E-state index contributed by atoms with van der Waals surface area (Å²) >= 11 is 0. The average Bonchev–Trinajstić information content (AvgIpc) is 2.56. The van der Waals surface area contributed by atoms with Crippen molar-refractivity contribution in [3.05, 3.63) is 48.3 Å². The molecule has 0 spiro atoms. The summed E-state index contributed by atoms with van der Waals surface area (Å²) in [4.78, 5) is 13.1. The first-order valence-corrected chi connectivity index (χ1v) is 6.64. The van der Waals surface area contributed by atoms with Crippen molar-refractivity contribution in [2.75, 3.05) is 36.0 Å². The van der Waals surface area contributed by atoms with Gasteiger partial charge in [0.15, 0.2) is 0 Å². The number of pyridine rings is 2. The van der Waals surface area contributed by atoms with Crippen LogP contribution in [0.15, 0.2) is 42.7 Å². The maximum atomic E-state index is 9.14. The highest BCUT2D eigenvalue weighted by molar-refractivity contribution is 5.54. The molecule has 1 fully saturated rings. The van der Waals surface area contributed by atoms with E-state index in [1.165, 1.54) is 0 Å². The number of nitrogens with zero attached hydrogens (tertiary/aromatic N) is 5. The zero-order valence-electron chi connectivity index (χ0n) is 11.1. The molecule has 2 aromatic rings. The summed E-state index contributed by atoms with van der Waals surface area (Å²) in [6.07, 6.45) is 3.55. The van der Waals surface area contributed by atoms with Gasteiger partial charge < -0.3 is 9.80 Å². The van der Waals surface area contributed by atoms with E-state index >= 15 is 0 Å². The third-order valence-corrected chi connectivity index (χ3v) is 3.46. The lowest BCUT2D eigenvalue weighted by Crippen LogP contribution is -2.47. The van der Waals surface area contributed by atoms with Crippen molar-refractivity contribution in [1.82, 2.24) is 9.97 Å². The fraction of sp³-hybridized carbons (Fsp3) is 0.267. The van der Waals surface area contributed by atoms with Gasteiger partial charge in [-0.2, -0.15) is 5.26 Å². The molecule has 0 bridgehead atoms. The van der Waals surface area contributed by atoms with E-state index in [4.69, 9.17) is 5.26 Å². The summed E-state index contributed by atoms with van der Waals surface area (Å²) in [5.74, 6) is 1.80. The summed E-state index contributed by atoms with van der Waals surface area (Å²) in [6.45, 7) is 3.47. The zero-order valence-corrected chi connectivity index (χ0v) is 11.1. The second-order valence-corrected chi connectivity index (χ2v) is 4.65. The molecule has 0 aliphatic carbocycles. The summed E-state index contributed by atoms with van der Waals surface area (Å²) in [6, 6.07) is 11.8. The van der Waals surface area contributed by atoms with Crippen LogP contribution in [0.5, 0.6) is 0 Å². The van der Waals surface area contributed by atoms with Gasteiger partial charge in [0.1, 0.15) is 17.7 Å². The second-order valence-electron chi connectivity index (χ2n) is 4.65. The first-order chi connectivity index (χ1) is 9.88. The summed E-state index contributed by atoms with van der Waals surface area (Å²) in [5.41, 5.74) is 0.638. The number of hydrogen-bond acceptors (Lipinski definition) is 5. The SMILES string of the molecule is N#Cc1cccnc1N1CCN(c2ccccn2)CC1. The fourth-order valence-corrected chi connectivity index (χ4v) is 2.42. The lowest BCUT2D eigenvalue weighted by molar-refractivity contribution is 0.641. The van der Waals surface area contributed by atoms with Crippen molar-refractivity contribution >= 4 is 11.6 Å². The topological polar surface area (TPSA) is 56.1 Å². The first kappa shape index (κ1) is 12.4. The molecular formula is C15H15N5. The van der Waals surface area contributed by atoms with Gasteiger partial charge in [-0.15, -0.1) is 0 Å². The van der Waals surface area contributed by atoms with Gasteiger partial charge in [0.25, 0.3) is 0 Å². The van der Waals surface area contributed by atoms with Gasteiger partial charge in [-0.05, 0) is 24.3 Å². The van der Waals surface area contributed by atoms with Crippen LogP contribution in [0.4, 0.5) is 11.6 Å². The Morgan fingerprint density at radius 2 is 1.65 bits per heavy atom. The Morgan fingerprint density at radius 1 is 0.900 bits per heavy atom. The molecule has 0 saturated carbocycles. The number of hydrogen-bond donors (Lipinski definition) is 0. The minimum atomic E-state index is 0.638. The van der Waals surface area contributed by atoms with E-state index in [1.807, 2.05) is 30.5 Å². The molecule has 0 aromatic carbocycles. The molecule has 1 aliphatic heterocycles. The third kappa shape index (κ3) is 2.41. The van der Waals surface area contributed by atoms with E-state index in [0.717, 1.165) is 37.8 Å². The van der Waals surface area contributed by atoms with E-state index in [0.29, 0.717) is 5.56 Å². The highest BCUT2D eigenvalue weighted by Gasteiger charge is 2.20. The lowest BCUT2D eigenvalue weighted by atomic mass is 10.2. The normalized spacial score (nSPS) is 14.9. The largest absolute Gasteiger partial charge is 0.353 e. The van der Waals surface area contributed by atoms with E-state index in [-0.39, 0.29) is 0 Å². The van der Waals surface area contributed by atoms with E-state index in [2.05, 4.69) is 25.8 Å². The molecule has 1 aliphatic rings. The van der Waals surface area contributed by atoms with Crippen molar-refractivity contribution in [1.29, 1.82) is 5.26 Å². The fourth-order valence-electron chi connectivity index (χ4n) is 2.42. The van der Waals surface area contributed by atoms with E-state index in [1.54, 1.807) is 12.3 Å². The van der Waals surface area contributed by atoms with Gasteiger partial charge in [-0.3, -0.25) is 0 Å². The third-order valence-electron chi connectivity index (χ3n) is 3.46. The van der Waals surface area contributed by atoms with Crippen LogP contribution < -0.4 is 9.80 Å². The number of piperazine rings is 1. The van der Waals surface area contributed by atoms with Gasteiger partial charge in [0, 0.05) is 38.6 Å². The first-order valence-electron chi connectivity index (χ1n) is 6.64. The predicted octanol–water partition coefficient (Wildman–Crippen LogP) is 1.67. The van der Waals surface area contributed by atoms with Crippen LogP contribution in [0, 0.1) is 11.3 Å². The molecule has 2 aromatic heterocycles. The van der Waals surface area contributed by atoms with Crippen molar-refractivity contribution in [2.45, 2.75) is 0 Å². The molecule has 3 rings (SSSR count). The van der Waals surface area contributed by atoms with Gasteiger partial charge >= 0.3 is 0 Å². The monoisotopic (exact) mass is 265 g/mol. The summed E-state index contributed by atoms with van der Waals surface area (Å²) in [5, 5.41) is 9.14. The second kappa shape index (κ2) is 5.57. The molecule has 0 radical (unpaired) electrons. The number of rotatable bonds is 2. The van der Waals surface area contributed by atoms with Gasteiger partial charge in [-0.1, -0.05) is 6.07 Å². The quantitative estimate of drug-likeness (QED) is 0.826. The molecule has 0 amide bonds. The molecule has 100 valence electrons. The van der Waals surface area contributed by atoms with Gasteiger partial charge in [-0.25, -0.2) is 9.97 Å². The number of anilines is 2. The minimum absolute atomic E-state index is 0.638. The van der Waals surface area contributed by atoms with Crippen LogP contribution >= 0.6 is 0 Å². The van der Waals surface area contributed by atoms with E-state index in [9.17, 15) is 0 Å². The Bertz CT molecular complexity index is 612. The Morgan fingerprint density at radius 3 is 2.35 bits per heavy atom. The minimum Gasteiger partial charge on any atom is -0.353 e. The van der Waals surface area contributed by atoms with Crippen molar-refractivity contribution in [3.8, 4) is 6.07 Å². The molecule has 20 heavy (non-hydrogen) atoms. The van der Waals surface area contributed by atoms with Crippen LogP contribution in [-0.2, 0) is 0 Å². The van der Waals surface area contributed by atoms with Crippen molar-refractivity contribution in [3.63, 3.8) is 0 Å². The van der Waals surface area contributed by atoms with Crippen LogP contribution in [-0.4, -0.2) is 36.1 Å². The Balaban J connectivity index is 1.72. The van der Waals surface area contributed by atoms with Crippen molar-refractivity contribution in [2.24, 2.45) is 0 Å². The van der Waals surface area contributed by atoms with Gasteiger partial charge in [0.2, 0.25) is 0 Å². The summed E-state index contributed by atoms with van der Waals surface area (Å²) < 4.78 is 0. The zero-order chi connectivity index (χ0) is 13.8. The Labute approximate surface area is 118 Å². The highest BCUT2D eigenvalue weighted by Crippen LogP contribution is 2.20. The molecule has 5 nitrogen and oxygen atoms in total. The van der Waals surface area contributed by atoms with Crippen molar-refractivity contribution < 1.29 is 0 Å². The van der Waals surface area contributed by atoms with E-state index < -0.39 is 0 Å². The van der Waals surface area contributed by atoms with Crippen LogP contribution in [0.1, 0.15) is 5.56 Å². The Hall–Kier alpha value is -2.61. The Kier molecular flexibility index (Phi) is 3.46. The van der Waals surface area contributed by atoms with Crippen LogP contribution in [0.2, 0.25) is 0 Å². The smallest absolute Gasteiger partial charge is 0.146 e. The molecule has 1 saturated heterocycles. The number of aromatic nitrogens is 2. The maximum Gasteiger partial charge on any atom is 0.146 e. The van der Waals surface area contributed by atoms with Gasteiger partial charge in [0.05, 0.1) is 5.56 Å². The lowest BCUT2D eigenvalue weighted by Gasteiger charge is -2.36. The highest BCUT2D eigenvalue weighted by atomic mass is 15.3. The average molecular weight is 265 g/mol. The van der Waals surface area contributed by atoms with Crippen LogP contribution in [0.25, 0.3) is 0 Å². The molecule has 0 unspecified atom stereocenters. The summed E-state index contributed by atoms with van der Waals surface area (Å²) in [7, 11) is 0. The molecule has 5 heteroatoms. The standard InChI is InChI=1S/C15H15N5/c16-12-13-4-3-7-18-15(13)20-10-8-19(9-11-20)14-5-1-2-6-17-14/h1-7H,8-11H2. The number of nitriles is 1. The molecule has 0 N–H and O–H groups in total. The molecule has 3 heterocycles. The van der Waals surface area contributed by atoms with Crippen LogP contribution in [0.3, 0.4) is 0 Å². The predicted molar refractivity (Wildman–Crippen MR) is 77.6 cm³/mol. The molecular weight excluding hydrogens is 250 g/mol. The maximum absolute atomic E-state index is 9.14.